The van der Waals surface area contributed by atoms with Crippen LogP contribution in [-0.4, -0.2) is 100 Å². The van der Waals surface area contributed by atoms with Crippen LogP contribution in [0.5, 0.6) is 0 Å². The number of hydrogen-bond acceptors (Lipinski definition) is 10. The standard InChI is InChI=1S/C61H113NO10/c1-3-5-7-9-11-13-14-15-16-17-18-19-23-26-29-33-37-41-45-49-57(66)70-50-46-42-38-34-30-27-24-21-20-22-25-28-32-36-40-44-48-56(65)62-53(54(64)47-43-39-35-31-12-10-8-6-4-2)52-71-61-60(69)59(68)58(67)55(51-63)72-61/h11,13,15-16,43,47,53-55,58-61,63-64,67-69H,3-10,12,14,17-42,44-46,48-52H2,1-2H3,(H,62,65)/b13-11-,16-15-,47-43+. The molecule has 0 spiro atoms. The third-order valence-electron chi connectivity index (χ3n) is 14.2. The van der Waals surface area contributed by atoms with E-state index in [1.165, 1.54) is 173 Å². The van der Waals surface area contributed by atoms with Gasteiger partial charge in [-0.3, -0.25) is 9.59 Å². The van der Waals surface area contributed by atoms with Crippen molar-refractivity contribution in [3.05, 3.63) is 36.5 Å². The van der Waals surface area contributed by atoms with Crippen LogP contribution >= 0.6 is 0 Å². The Balaban J connectivity index is 2.01. The monoisotopic (exact) mass is 1020 g/mol. The van der Waals surface area contributed by atoms with Gasteiger partial charge in [-0.1, -0.05) is 237 Å². The Morgan fingerprint density at radius 2 is 0.931 bits per heavy atom. The van der Waals surface area contributed by atoms with Gasteiger partial charge >= 0.3 is 5.97 Å². The van der Waals surface area contributed by atoms with Crippen LogP contribution in [0, 0.1) is 0 Å². The van der Waals surface area contributed by atoms with E-state index >= 15 is 0 Å². The highest BCUT2D eigenvalue weighted by molar-refractivity contribution is 5.76. The molecular weight excluding hydrogens is 907 g/mol. The average Bonchev–Trinajstić information content (AvgIpc) is 3.38. The summed E-state index contributed by atoms with van der Waals surface area (Å²) in [6.07, 6.45) is 52.4. The number of nitrogens with one attached hydrogen (secondary N) is 1. The number of carbonyl (C=O) groups is 2. The van der Waals surface area contributed by atoms with Crippen LogP contribution in [0.25, 0.3) is 0 Å². The minimum absolute atomic E-state index is 0.0188. The van der Waals surface area contributed by atoms with Crippen molar-refractivity contribution in [3.63, 3.8) is 0 Å². The number of esters is 1. The summed E-state index contributed by atoms with van der Waals surface area (Å²) >= 11 is 0. The number of allylic oxidation sites excluding steroid dienone is 5. The lowest BCUT2D eigenvalue weighted by molar-refractivity contribution is -0.302. The molecule has 11 nitrogen and oxygen atoms in total. The molecule has 1 aliphatic heterocycles. The van der Waals surface area contributed by atoms with Crippen molar-refractivity contribution >= 4 is 11.9 Å². The Bertz CT molecular complexity index is 1290. The Kier molecular flexibility index (Phi) is 48.1. The predicted molar refractivity (Wildman–Crippen MR) is 297 cm³/mol. The van der Waals surface area contributed by atoms with Crippen molar-refractivity contribution in [1.29, 1.82) is 0 Å². The summed E-state index contributed by atoms with van der Waals surface area (Å²) in [6, 6.07) is -0.814. The predicted octanol–water partition coefficient (Wildman–Crippen LogP) is 13.9. The molecular formula is C61H113NO10. The van der Waals surface area contributed by atoms with Gasteiger partial charge < -0.3 is 45.1 Å². The minimum Gasteiger partial charge on any atom is -0.466 e. The second kappa shape index (κ2) is 51.0. The Morgan fingerprint density at radius 1 is 0.514 bits per heavy atom. The van der Waals surface area contributed by atoms with Gasteiger partial charge in [0.1, 0.15) is 24.4 Å². The zero-order valence-corrected chi connectivity index (χ0v) is 46.4. The fourth-order valence-electron chi connectivity index (χ4n) is 9.41. The van der Waals surface area contributed by atoms with Gasteiger partial charge in [-0.15, -0.1) is 0 Å². The van der Waals surface area contributed by atoms with E-state index in [2.05, 4.69) is 43.5 Å². The van der Waals surface area contributed by atoms with E-state index in [1.54, 1.807) is 6.08 Å². The molecule has 1 rings (SSSR count). The van der Waals surface area contributed by atoms with Crippen molar-refractivity contribution < 1.29 is 49.3 Å². The number of ether oxygens (including phenoxy) is 3. The van der Waals surface area contributed by atoms with Crippen molar-refractivity contribution in [1.82, 2.24) is 5.32 Å². The fourth-order valence-corrected chi connectivity index (χ4v) is 9.41. The highest BCUT2D eigenvalue weighted by Crippen LogP contribution is 2.23. The van der Waals surface area contributed by atoms with Crippen LogP contribution in [0.3, 0.4) is 0 Å². The molecule has 0 saturated carbocycles. The molecule has 0 aliphatic carbocycles. The second-order valence-corrected chi connectivity index (χ2v) is 21.1. The van der Waals surface area contributed by atoms with Crippen molar-refractivity contribution in [2.75, 3.05) is 19.8 Å². The summed E-state index contributed by atoms with van der Waals surface area (Å²) in [5.74, 6) is -0.210. The van der Waals surface area contributed by atoms with E-state index in [-0.39, 0.29) is 18.5 Å². The van der Waals surface area contributed by atoms with E-state index in [4.69, 9.17) is 14.2 Å². The first-order valence-corrected chi connectivity index (χ1v) is 30.3. The second-order valence-electron chi connectivity index (χ2n) is 21.1. The lowest BCUT2D eigenvalue weighted by Gasteiger charge is -2.40. The molecule has 1 aliphatic rings. The number of hydrogen-bond donors (Lipinski definition) is 6. The van der Waals surface area contributed by atoms with Gasteiger partial charge in [0, 0.05) is 12.8 Å². The molecule has 1 amide bonds. The third-order valence-corrected chi connectivity index (χ3v) is 14.2. The maximum Gasteiger partial charge on any atom is 0.305 e. The molecule has 422 valence electrons. The van der Waals surface area contributed by atoms with E-state index in [1.807, 2.05) is 6.08 Å². The highest BCUT2D eigenvalue weighted by Gasteiger charge is 2.44. The van der Waals surface area contributed by atoms with Crippen molar-refractivity contribution in [2.45, 2.75) is 320 Å². The molecule has 7 unspecified atom stereocenters. The molecule has 11 heteroatoms. The Morgan fingerprint density at radius 3 is 1.43 bits per heavy atom. The van der Waals surface area contributed by atoms with Crippen LogP contribution < -0.4 is 5.32 Å². The first kappa shape index (κ1) is 67.9. The van der Waals surface area contributed by atoms with E-state index in [0.717, 1.165) is 77.0 Å². The number of rotatable bonds is 52. The molecule has 0 aromatic rings. The zero-order chi connectivity index (χ0) is 52.4. The molecule has 1 saturated heterocycles. The number of carbonyl (C=O) groups excluding carboxylic acids is 2. The van der Waals surface area contributed by atoms with Crippen LogP contribution in [0.2, 0.25) is 0 Å². The summed E-state index contributed by atoms with van der Waals surface area (Å²) in [5.41, 5.74) is 0. The molecule has 1 fully saturated rings. The maximum absolute atomic E-state index is 13.0. The lowest BCUT2D eigenvalue weighted by atomic mass is 9.99. The number of amides is 1. The van der Waals surface area contributed by atoms with Gasteiger partial charge in [-0.05, 0) is 64.2 Å². The van der Waals surface area contributed by atoms with Crippen molar-refractivity contribution in [2.24, 2.45) is 0 Å². The fraction of sp³-hybridized carbons (Fsp3) is 0.869. The van der Waals surface area contributed by atoms with E-state index in [0.29, 0.717) is 19.4 Å². The highest BCUT2D eigenvalue weighted by atomic mass is 16.7. The molecule has 0 aromatic carbocycles. The van der Waals surface area contributed by atoms with Crippen LogP contribution in [0.15, 0.2) is 36.5 Å². The Hall–Kier alpha value is -2.12. The molecule has 0 bridgehead atoms. The van der Waals surface area contributed by atoms with Gasteiger partial charge in [0.15, 0.2) is 6.29 Å². The maximum atomic E-state index is 13.0. The number of unbranched alkanes of at least 4 members (excludes halogenated alkanes) is 34. The van der Waals surface area contributed by atoms with Gasteiger partial charge in [-0.2, -0.15) is 0 Å². The summed E-state index contributed by atoms with van der Waals surface area (Å²) in [4.78, 5) is 25.1. The summed E-state index contributed by atoms with van der Waals surface area (Å²) in [5, 5.41) is 54.2. The smallest absolute Gasteiger partial charge is 0.305 e. The van der Waals surface area contributed by atoms with E-state index < -0.39 is 49.5 Å². The topological polar surface area (TPSA) is 175 Å². The van der Waals surface area contributed by atoms with Crippen LogP contribution in [0.4, 0.5) is 0 Å². The van der Waals surface area contributed by atoms with Gasteiger partial charge in [0.25, 0.3) is 0 Å². The van der Waals surface area contributed by atoms with E-state index in [9.17, 15) is 35.1 Å². The first-order chi connectivity index (χ1) is 35.2. The minimum atomic E-state index is -1.57. The summed E-state index contributed by atoms with van der Waals surface area (Å²) in [6.45, 7) is 4.27. The largest absolute Gasteiger partial charge is 0.466 e. The van der Waals surface area contributed by atoms with Gasteiger partial charge in [0.2, 0.25) is 5.91 Å². The normalized spacial score (nSPS) is 19.2. The number of aliphatic hydroxyl groups is 5. The summed E-state index contributed by atoms with van der Waals surface area (Å²) < 4.78 is 16.7. The van der Waals surface area contributed by atoms with Crippen LogP contribution in [0.1, 0.15) is 277 Å². The zero-order valence-electron chi connectivity index (χ0n) is 46.4. The molecule has 0 radical (unpaired) electrons. The third kappa shape index (κ3) is 40.2. The lowest BCUT2D eigenvalue weighted by Crippen LogP contribution is -2.60. The number of aliphatic hydroxyl groups excluding tert-OH is 5. The molecule has 7 atom stereocenters. The molecule has 72 heavy (non-hydrogen) atoms. The Labute approximate surface area is 441 Å². The van der Waals surface area contributed by atoms with Crippen molar-refractivity contribution in [3.8, 4) is 0 Å². The SMILES string of the molecule is CCCCC/C=C\C/C=C\CCCCCCCCCCCC(=O)OCCCCCCCCCCCCCCCCCCC(=O)NC(COC1OC(CO)C(O)C(O)C1O)C(O)/C=C/CCCCCCCCC. The quantitative estimate of drug-likeness (QED) is 0.0195. The van der Waals surface area contributed by atoms with Gasteiger partial charge in [-0.25, -0.2) is 0 Å². The summed E-state index contributed by atoms with van der Waals surface area (Å²) in [7, 11) is 0. The first-order valence-electron chi connectivity index (χ1n) is 30.3. The molecule has 6 N–H and O–H groups in total. The average molecular weight is 1020 g/mol. The van der Waals surface area contributed by atoms with Crippen LogP contribution in [-0.2, 0) is 23.8 Å². The molecule has 1 heterocycles. The van der Waals surface area contributed by atoms with Gasteiger partial charge in [0.05, 0.1) is 32.0 Å². The molecule has 0 aromatic heterocycles.